The molecule has 3 nitrogen and oxygen atoms in total. The van der Waals surface area contributed by atoms with E-state index in [1.54, 1.807) is 0 Å². The third kappa shape index (κ3) is 3.87. The van der Waals surface area contributed by atoms with Crippen molar-refractivity contribution in [2.75, 3.05) is 37.6 Å². The van der Waals surface area contributed by atoms with Crippen molar-refractivity contribution in [2.24, 2.45) is 5.73 Å². The molecule has 1 heterocycles. The quantitative estimate of drug-likeness (QED) is 0.908. The lowest BCUT2D eigenvalue weighted by Crippen LogP contribution is -2.47. The van der Waals surface area contributed by atoms with Gasteiger partial charge in [-0.15, -0.1) is 0 Å². The maximum Gasteiger partial charge on any atom is 0.0426 e. The van der Waals surface area contributed by atoms with E-state index in [-0.39, 0.29) is 0 Å². The van der Waals surface area contributed by atoms with E-state index in [0.29, 0.717) is 6.04 Å². The number of rotatable bonds is 4. The molecule has 1 saturated heterocycles. The molecule has 1 aliphatic rings. The van der Waals surface area contributed by atoms with Crippen molar-refractivity contribution in [3.05, 3.63) is 29.3 Å². The van der Waals surface area contributed by atoms with Crippen LogP contribution in [0, 0.1) is 0 Å². The smallest absolute Gasteiger partial charge is 0.0426 e. The molecule has 1 aliphatic heterocycles. The number of anilines is 1. The molecule has 2 rings (SSSR count). The van der Waals surface area contributed by atoms with E-state index >= 15 is 0 Å². The minimum atomic E-state index is 0.302. The van der Waals surface area contributed by atoms with Gasteiger partial charge in [0.25, 0.3) is 0 Å². The van der Waals surface area contributed by atoms with Crippen molar-refractivity contribution in [2.45, 2.75) is 19.4 Å². The molecule has 1 fully saturated rings. The highest BCUT2D eigenvalue weighted by atomic mass is 35.5. The first-order valence-corrected chi connectivity index (χ1v) is 7.01. The van der Waals surface area contributed by atoms with Gasteiger partial charge in [-0.2, -0.15) is 0 Å². The Bertz CT molecular complexity index is 373. The lowest BCUT2D eigenvalue weighted by molar-refractivity contribution is 0.250. The fourth-order valence-corrected chi connectivity index (χ4v) is 2.47. The van der Waals surface area contributed by atoms with Crippen LogP contribution in [0.1, 0.15) is 13.3 Å². The second-order valence-electron chi connectivity index (χ2n) is 5.07. The molecule has 1 aromatic carbocycles. The molecule has 0 amide bonds. The summed E-state index contributed by atoms with van der Waals surface area (Å²) < 4.78 is 0. The average Bonchev–Trinajstić information content (AvgIpc) is 2.37. The van der Waals surface area contributed by atoms with Crippen molar-refractivity contribution in [1.82, 2.24) is 4.90 Å². The standard InChI is InChI=1S/C14H22ClN3/c1-12(16)5-6-17-7-9-18(10-8-17)14-4-2-3-13(15)11-14/h2-4,11-12H,5-10,16H2,1H3. The largest absolute Gasteiger partial charge is 0.369 e. The molecule has 1 unspecified atom stereocenters. The van der Waals surface area contributed by atoms with Crippen molar-refractivity contribution in [1.29, 1.82) is 0 Å². The summed E-state index contributed by atoms with van der Waals surface area (Å²) in [5.74, 6) is 0. The van der Waals surface area contributed by atoms with Crippen molar-refractivity contribution in [3.8, 4) is 0 Å². The van der Waals surface area contributed by atoms with Crippen LogP contribution >= 0.6 is 11.6 Å². The van der Waals surface area contributed by atoms with Crippen LogP contribution in [0.2, 0.25) is 5.02 Å². The van der Waals surface area contributed by atoms with Gasteiger partial charge in [0.1, 0.15) is 0 Å². The number of hydrogen-bond donors (Lipinski definition) is 1. The number of halogens is 1. The normalized spacial score (nSPS) is 18.9. The summed E-state index contributed by atoms with van der Waals surface area (Å²) in [7, 11) is 0. The summed E-state index contributed by atoms with van der Waals surface area (Å²) in [5, 5.41) is 0.812. The van der Waals surface area contributed by atoms with Crippen LogP contribution in [-0.2, 0) is 0 Å². The van der Waals surface area contributed by atoms with Crippen LogP contribution in [0.15, 0.2) is 24.3 Å². The second kappa shape index (κ2) is 6.41. The van der Waals surface area contributed by atoms with E-state index in [1.165, 1.54) is 5.69 Å². The number of nitrogens with zero attached hydrogens (tertiary/aromatic N) is 2. The number of piperazine rings is 1. The van der Waals surface area contributed by atoms with Crippen LogP contribution in [-0.4, -0.2) is 43.7 Å². The van der Waals surface area contributed by atoms with Crippen LogP contribution in [0.25, 0.3) is 0 Å². The summed E-state index contributed by atoms with van der Waals surface area (Å²) in [4.78, 5) is 4.89. The van der Waals surface area contributed by atoms with Gasteiger partial charge in [0.2, 0.25) is 0 Å². The van der Waals surface area contributed by atoms with E-state index in [0.717, 1.165) is 44.2 Å². The number of benzene rings is 1. The van der Waals surface area contributed by atoms with Crippen LogP contribution in [0.5, 0.6) is 0 Å². The minimum Gasteiger partial charge on any atom is -0.369 e. The Hall–Kier alpha value is -0.770. The Morgan fingerprint density at radius 1 is 1.28 bits per heavy atom. The van der Waals surface area contributed by atoms with Crippen molar-refractivity contribution >= 4 is 17.3 Å². The Labute approximate surface area is 115 Å². The summed E-state index contributed by atoms with van der Waals surface area (Å²) in [6, 6.07) is 8.41. The zero-order valence-corrected chi connectivity index (χ0v) is 11.7. The monoisotopic (exact) mass is 267 g/mol. The zero-order valence-electron chi connectivity index (χ0n) is 11.0. The highest BCUT2D eigenvalue weighted by Gasteiger charge is 2.17. The SMILES string of the molecule is CC(N)CCN1CCN(c2cccc(Cl)c2)CC1. The van der Waals surface area contributed by atoms with Gasteiger partial charge in [-0.05, 0) is 38.1 Å². The maximum absolute atomic E-state index is 6.03. The van der Waals surface area contributed by atoms with Gasteiger partial charge < -0.3 is 10.6 Å². The molecule has 2 N–H and O–H groups in total. The van der Waals surface area contributed by atoms with Gasteiger partial charge in [-0.25, -0.2) is 0 Å². The lowest BCUT2D eigenvalue weighted by atomic mass is 10.2. The first-order chi connectivity index (χ1) is 8.65. The Kier molecular flexibility index (Phi) is 4.87. The van der Waals surface area contributed by atoms with E-state index in [9.17, 15) is 0 Å². The molecule has 18 heavy (non-hydrogen) atoms. The van der Waals surface area contributed by atoms with Crippen molar-refractivity contribution < 1.29 is 0 Å². The molecule has 0 saturated carbocycles. The van der Waals surface area contributed by atoms with Crippen molar-refractivity contribution in [3.63, 3.8) is 0 Å². The number of hydrogen-bond acceptors (Lipinski definition) is 3. The molecule has 1 atom stereocenters. The predicted molar refractivity (Wildman–Crippen MR) is 78.4 cm³/mol. The topological polar surface area (TPSA) is 32.5 Å². The van der Waals surface area contributed by atoms with Crippen LogP contribution < -0.4 is 10.6 Å². The van der Waals surface area contributed by atoms with Gasteiger partial charge in [0, 0.05) is 42.9 Å². The van der Waals surface area contributed by atoms with Gasteiger partial charge in [0.05, 0.1) is 0 Å². The third-order valence-electron chi connectivity index (χ3n) is 3.45. The minimum absolute atomic E-state index is 0.302. The molecule has 0 bridgehead atoms. The summed E-state index contributed by atoms with van der Waals surface area (Å²) in [6.07, 6.45) is 1.08. The Morgan fingerprint density at radius 2 is 2.00 bits per heavy atom. The molecule has 4 heteroatoms. The first kappa shape index (κ1) is 13.7. The molecule has 1 aromatic rings. The van der Waals surface area contributed by atoms with Crippen LogP contribution in [0.4, 0.5) is 5.69 Å². The molecule has 0 aromatic heterocycles. The Balaban J connectivity index is 1.83. The third-order valence-corrected chi connectivity index (χ3v) is 3.68. The summed E-state index contributed by atoms with van der Waals surface area (Å²) in [5.41, 5.74) is 7.02. The fourth-order valence-electron chi connectivity index (χ4n) is 2.29. The van der Waals surface area contributed by atoms with E-state index in [4.69, 9.17) is 17.3 Å². The van der Waals surface area contributed by atoms with E-state index in [2.05, 4.69) is 22.8 Å². The molecule has 100 valence electrons. The highest BCUT2D eigenvalue weighted by Crippen LogP contribution is 2.20. The summed E-state index contributed by atoms with van der Waals surface area (Å²) in [6.45, 7) is 7.54. The van der Waals surface area contributed by atoms with Gasteiger partial charge >= 0.3 is 0 Å². The van der Waals surface area contributed by atoms with Gasteiger partial charge in [0.15, 0.2) is 0 Å². The predicted octanol–water partition coefficient (Wildman–Crippen LogP) is 2.20. The first-order valence-electron chi connectivity index (χ1n) is 6.63. The van der Waals surface area contributed by atoms with Gasteiger partial charge in [-0.3, -0.25) is 4.90 Å². The molecule has 0 aliphatic carbocycles. The van der Waals surface area contributed by atoms with E-state index < -0.39 is 0 Å². The molecule has 0 radical (unpaired) electrons. The zero-order chi connectivity index (χ0) is 13.0. The molecule has 0 spiro atoms. The van der Waals surface area contributed by atoms with E-state index in [1.807, 2.05) is 18.2 Å². The van der Waals surface area contributed by atoms with Gasteiger partial charge in [-0.1, -0.05) is 17.7 Å². The maximum atomic E-state index is 6.03. The second-order valence-corrected chi connectivity index (χ2v) is 5.51. The average molecular weight is 268 g/mol. The number of nitrogens with two attached hydrogens (primary N) is 1. The molecular formula is C14H22ClN3. The summed E-state index contributed by atoms with van der Waals surface area (Å²) >= 11 is 6.03. The molecular weight excluding hydrogens is 246 g/mol. The fraction of sp³-hybridized carbons (Fsp3) is 0.571. The van der Waals surface area contributed by atoms with Crippen LogP contribution in [0.3, 0.4) is 0 Å². The Morgan fingerprint density at radius 3 is 2.61 bits per heavy atom. The highest BCUT2D eigenvalue weighted by molar-refractivity contribution is 6.30. The lowest BCUT2D eigenvalue weighted by Gasteiger charge is -2.36.